The Hall–Kier alpha value is -1.82. The van der Waals surface area contributed by atoms with Crippen LogP contribution in [0.4, 0.5) is 0 Å². The second kappa shape index (κ2) is 5.18. The molecule has 1 saturated heterocycles. The third-order valence-corrected chi connectivity index (χ3v) is 3.95. The molecule has 21 heavy (non-hydrogen) atoms. The smallest absolute Gasteiger partial charge is 0.331 e. The molecule has 1 aromatic heterocycles. The van der Waals surface area contributed by atoms with E-state index in [0.717, 1.165) is 11.5 Å². The number of esters is 1. The van der Waals surface area contributed by atoms with Gasteiger partial charge in [0.05, 0.1) is 13.2 Å². The number of carbonyl (C=O) groups is 2. The molecular weight excluding hydrogens is 272 g/mol. The van der Waals surface area contributed by atoms with Gasteiger partial charge in [-0.15, -0.1) is 0 Å². The van der Waals surface area contributed by atoms with Gasteiger partial charge in [0.15, 0.2) is 0 Å². The summed E-state index contributed by atoms with van der Waals surface area (Å²) >= 11 is 0. The van der Waals surface area contributed by atoms with Gasteiger partial charge in [0.25, 0.3) is 0 Å². The molecule has 1 N–H and O–H groups in total. The highest BCUT2D eigenvalue weighted by Gasteiger charge is 2.55. The zero-order valence-corrected chi connectivity index (χ0v) is 12.3. The molecule has 0 aromatic carbocycles. The lowest BCUT2D eigenvalue weighted by Crippen LogP contribution is -2.46. The molecular formula is C15H20N2O4. The lowest BCUT2D eigenvalue weighted by molar-refractivity contribution is -0.148. The van der Waals surface area contributed by atoms with Crippen molar-refractivity contribution >= 4 is 11.9 Å². The quantitative estimate of drug-likeness (QED) is 0.625. The van der Waals surface area contributed by atoms with Crippen LogP contribution in [-0.4, -0.2) is 41.5 Å². The number of furan rings is 1. The normalized spacial score (nSPS) is 25.2. The largest absolute Gasteiger partial charge is 0.465 e. The van der Waals surface area contributed by atoms with Crippen LogP contribution in [0.5, 0.6) is 0 Å². The topological polar surface area (TPSA) is 71.5 Å². The molecule has 2 heterocycles. The van der Waals surface area contributed by atoms with Crippen LogP contribution in [0.25, 0.3) is 0 Å². The first-order chi connectivity index (χ1) is 10.0. The molecule has 2 atom stereocenters. The lowest BCUT2D eigenvalue weighted by atomic mass is 10.2. The van der Waals surface area contributed by atoms with Gasteiger partial charge in [0.2, 0.25) is 5.91 Å². The van der Waals surface area contributed by atoms with Crippen molar-refractivity contribution in [2.24, 2.45) is 0 Å². The summed E-state index contributed by atoms with van der Waals surface area (Å²) < 4.78 is 10.5. The molecule has 1 aliphatic heterocycles. The lowest BCUT2D eigenvalue weighted by Gasteiger charge is -2.15. The van der Waals surface area contributed by atoms with Crippen LogP contribution in [0.3, 0.4) is 0 Å². The first-order valence-electron chi connectivity index (χ1n) is 7.33. The molecule has 1 saturated carbocycles. The Morgan fingerprint density at radius 3 is 2.81 bits per heavy atom. The van der Waals surface area contributed by atoms with E-state index >= 15 is 0 Å². The summed E-state index contributed by atoms with van der Waals surface area (Å²) in [6.07, 6.45) is 1.34. The molecule has 2 unspecified atom stereocenters. The molecule has 0 radical (unpaired) electrons. The van der Waals surface area contributed by atoms with Gasteiger partial charge in [-0.25, -0.2) is 4.79 Å². The SMILES string of the molecule is CCOC(=O)C1(NC(=O)C2CN2Cc2ccc(C)o2)CC1. The summed E-state index contributed by atoms with van der Waals surface area (Å²) in [7, 11) is 0. The highest BCUT2D eigenvalue weighted by molar-refractivity contribution is 5.93. The number of hydrogen-bond donors (Lipinski definition) is 1. The number of ether oxygens (including phenoxy) is 1. The van der Waals surface area contributed by atoms with Crippen LogP contribution < -0.4 is 5.32 Å². The maximum absolute atomic E-state index is 12.2. The van der Waals surface area contributed by atoms with Crippen LogP contribution in [0.1, 0.15) is 31.3 Å². The fourth-order valence-corrected chi connectivity index (χ4v) is 2.46. The first kappa shape index (κ1) is 14.1. The van der Waals surface area contributed by atoms with E-state index in [1.165, 1.54) is 0 Å². The Balaban J connectivity index is 1.50. The molecule has 1 aliphatic carbocycles. The second-order valence-electron chi connectivity index (χ2n) is 5.75. The number of amides is 1. The van der Waals surface area contributed by atoms with Crippen LogP contribution in [0, 0.1) is 6.92 Å². The Morgan fingerprint density at radius 2 is 2.24 bits per heavy atom. The van der Waals surface area contributed by atoms with Crippen molar-refractivity contribution in [3.63, 3.8) is 0 Å². The molecule has 1 aromatic rings. The van der Waals surface area contributed by atoms with Crippen molar-refractivity contribution in [1.82, 2.24) is 10.2 Å². The Bertz CT molecular complexity index is 562. The Kier molecular flexibility index (Phi) is 3.49. The van der Waals surface area contributed by atoms with Crippen molar-refractivity contribution in [2.45, 2.75) is 44.8 Å². The zero-order valence-electron chi connectivity index (χ0n) is 12.3. The molecule has 1 amide bonds. The first-order valence-corrected chi connectivity index (χ1v) is 7.33. The van der Waals surface area contributed by atoms with Crippen molar-refractivity contribution in [3.8, 4) is 0 Å². The monoisotopic (exact) mass is 292 g/mol. The van der Waals surface area contributed by atoms with Crippen molar-refractivity contribution < 1.29 is 18.7 Å². The van der Waals surface area contributed by atoms with Gasteiger partial charge in [-0.05, 0) is 38.8 Å². The summed E-state index contributed by atoms with van der Waals surface area (Å²) in [4.78, 5) is 26.0. The van der Waals surface area contributed by atoms with Crippen LogP contribution in [-0.2, 0) is 20.9 Å². The van der Waals surface area contributed by atoms with E-state index in [2.05, 4.69) is 5.32 Å². The maximum atomic E-state index is 12.2. The highest BCUT2D eigenvalue weighted by Crippen LogP contribution is 2.37. The predicted octanol–water partition coefficient (Wildman–Crippen LogP) is 0.984. The number of carbonyl (C=O) groups excluding carboxylic acids is 2. The average molecular weight is 292 g/mol. The molecule has 2 fully saturated rings. The van der Waals surface area contributed by atoms with E-state index in [-0.39, 0.29) is 17.9 Å². The van der Waals surface area contributed by atoms with Gasteiger partial charge in [-0.2, -0.15) is 0 Å². The number of nitrogens with zero attached hydrogens (tertiary/aromatic N) is 1. The van der Waals surface area contributed by atoms with E-state index in [1.807, 2.05) is 24.0 Å². The van der Waals surface area contributed by atoms with E-state index in [4.69, 9.17) is 9.15 Å². The Morgan fingerprint density at radius 1 is 1.48 bits per heavy atom. The van der Waals surface area contributed by atoms with Crippen LogP contribution in [0.15, 0.2) is 16.5 Å². The van der Waals surface area contributed by atoms with Gasteiger partial charge in [-0.3, -0.25) is 9.69 Å². The highest BCUT2D eigenvalue weighted by atomic mass is 16.5. The van der Waals surface area contributed by atoms with Crippen LogP contribution in [0.2, 0.25) is 0 Å². The van der Waals surface area contributed by atoms with Gasteiger partial charge in [-0.1, -0.05) is 0 Å². The van der Waals surface area contributed by atoms with Gasteiger partial charge in [0.1, 0.15) is 23.1 Å². The van der Waals surface area contributed by atoms with Crippen LogP contribution >= 0.6 is 0 Å². The number of rotatable bonds is 6. The maximum Gasteiger partial charge on any atom is 0.331 e. The van der Waals surface area contributed by atoms with Gasteiger partial charge >= 0.3 is 5.97 Å². The average Bonchev–Trinajstić information content (AvgIpc) is 3.32. The summed E-state index contributed by atoms with van der Waals surface area (Å²) in [5.41, 5.74) is -0.761. The van der Waals surface area contributed by atoms with Gasteiger partial charge < -0.3 is 14.5 Å². The molecule has 114 valence electrons. The minimum absolute atomic E-state index is 0.0937. The third-order valence-electron chi connectivity index (χ3n) is 3.95. The van der Waals surface area contributed by atoms with E-state index in [0.29, 0.717) is 32.5 Å². The zero-order chi connectivity index (χ0) is 15.0. The summed E-state index contributed by atoms with van der Waals surface area (Å²) in [5, 5.41) is 2.85. The number of hydrogen-bond acceptors (Lipinski definition) is 5. The minimum Gasteiger partial charge on any atom is -0.465 e. The fraction of sp³-hybridized carbons (Fsp3) is 0.600. The van der Waals surface area contributed by atoms with Gasteiger partial charge in [0, 0.05) is 6.54 Å². The predicted molar refractivity (Wildman–Crippen MR) is 74.4 cm³/mol. The van der Waals surface area contributed by atoms with Crippen molar-refractivity contribution in [1.29, 1.82) is 0 Å². The third kappa shape index (κ3) is 2.95. The Labute approximate surface area is 123 Å². The van der Waals surface area contributed by atoms with Crippen molar-refractivity contribution in [2.75, 3.05) is 13.2 Å². The molecule has 3 rings (SSSR count). The van der Waals surface area contributed by atoms with E-state index < -0.39 is 5.54 Å². The van der Waals surface area contributed by atoms with E-state index in [9.17, 15) is 9.59 Å². The molecule has 2 aliphatic rings. The number of nitrogens with one attached hydrogen (secondary N) is 1. The van der Waals surface area contributed by atoms with Crippen molar-refractivity contribution in [3.05, 3.63) is 23.7 Å². The second-order valence-corrected chi connectivity index (χ2v) is 5.75. The minimum atomic E-state index is -0.761. The molecule has 0 bridgehead atoms. The molecule has 6 nitrogen and oxygen atoms in total. The summed E-state index contributed by atoms with van der Waals surface area (Å²) in [6, 6.07) is 3.67. The molecule has 0 spiro atoms. The fourth-order valence-electron chi connectivity index (χ4n) is 2.46. The number of aryl methyl sites for hydroxylation is 1. The molecule has 6 heteroatoms. The summed E-state index contributed by atoms with van der Waals surface area (Å²) in [5.74, 6) is 1.32. The standard InChI is InChI=1S/C15H20N2O4/c1-3-20-14(19)15(6-7-15)16-13(18)12-9-17(12)8-11-5-4-10(2)21-11/h4-5,12H,3,6-9H2,1-2H3,(H,16,18). The summed E-state index contributed by atoms with van der Waals surface area (Å²) in [6.45, 7) is 5.32. The van der Waals surface area contributed by atoms with E-state index in [1.54, 1.807) is 6.92 Å².